The molecule has 1 unspecified atom stereocenters. The fraction of sp³-hybridized carbons (Fsp3) is 0.350. The van der Waals surface area contributed by atoms with E-state index in [1.807, 2.05) is 18.2 Å². The molecule has 4 rings (SSSR count). The number of para-hydroxylation sites is 2. The molecule has 0 aromatic heterocycles. The molecule has 146 valence electrons. The maximum absolute atomic E-state index is 12.7. The summed E-state index contributed by atoms with van der Waals surface area (Å²) < 4.78 is 16.7. The Hall–Kier alpha value is -3.29. The number of hydrogen-bond acceptors (Lipinski definition) is 6. The van der Waals surface area contributed by atoms with Gasteiger partial charge in [-0.1, -0.05) is 18.2 Å². The molecule has 0 saturated carbocycles. The zero-order valence-corrected chi connectivity index (χ0v) is 15.2. The Morgan fingerprint density at radius 3 is 2.79 bits per heavy atom. The van der Waals surface area contributed by atoms with Crippen molar-refractivity contribution in [3.8, 4) is 17.2 Å². The first-order valence-corrected chi connectivity index (χ1v) is 9.19. The average molecular weight is 384 g/mol. The van der Waals surface area contributed by atoms with Crippen molar-refractivity contribution < 1.29 is 23.9 Å². The average Bonchev–Trinajstić information content (AvgIpc) is 3.22. The van der Waals surface area contributed by atoms with Crippen LogP contribution in [-0.2, 0) is 4.79 Å². The third-order valence-corrected chi connectivity index (χ3v) is 4.94. The fourth-order valence-corrected chi connectivity index (χ4v) is 3.63. The van der Waals surface area contributed by atoms with E-state index in [0.29, 0.717) is 31.3 Å². The Labute approximate surface area is 161 Å². The topological polar surface area (TPSA) is 91.1 Å². The van der Waals surface area contributed by atoms with Crippen LogP contribution in [0.15, 0.2) is 42.5 Å². The number of likely N-dealkylation sites (tertiary alicyclic amines) is 1. The summed E-state index contributed by atoms with van der Waals surface area (Å²) in [5.41, 5.74) is 0.834. The van der Waals surface area contributed by atoms with Crippen LogP contribution in [0.3, 0.4) is 0 Å². The summed E-state index contributed by atoms with van der Waals surface area (Å²) >= 11 is 0. The van der Waals surface area contributed by atoms with Crippen LogP contribution in [0.25, 0.3) is 0 Å². The van der Waals surface area contributed by atoms with Gasteiger partial charge in [-0.2, -0.15) is 0 Å². The van der Waals surface area contributed by atoms with Crippen LogP contribution in [0.2, 0.25) is 0 Å². The van der Waals surface area contributed by atoms with Crippen LogP contribution in [0.4, 0.5) is 5.69 Å². The molecule has 0 radical (unpaired) electrons. The number of nitrogens with zero attached hydrogens (tertiary/aromatic N) is 2. The maximum Gasteiger partial charge on any atom is 0.310 e. The second-order valence-corrected chi connectivity index (χ2v) is 6.66. The molecule has 0 N–H and O–H groups in total. The van der Waals surface area contributed by atoms with Gasteiger partial charge in [-0.3, -0.25) is 14.9 Å². The number of nitro groups is 1. The normalized spacial score (nSPS) is 18.0. The van der Waals surface area contributed by atoms with Crippen LogP contribution in [0.5, 0.6) is 17.2 Å². The summed E-state index contributed by atoms with van der Waals surface area (Å²) in [5.74, 6) is 1.30. The first kappa shape index (κ1) is 18.1. The van der Waals surface area contributed by atoms with E-state index in [1.165, 1.54) is 12.1 Å². The molecule has 2 aliphatic heterocycles. The number of amides is 1. The highest BCUT2D eigenvalue weighted by atomic mass is 16.6. The third kappa shape index (κ3) is 3.58. The predicted octanol–water partition coefficient (Wildman–Crippen LogP) is 3.11. The lowest BCUT2D eigenvalue weighted by Crippen LogP contribution is -2.34. The summed E-state index contributed by atoms with van der Waals surface area (Å²) in [7, 11) is 0. The Morgan fingerprint density at radius 2 is 1.96 bits per heavy atom. The number of hydrogen-bond donors (Lipinski definition) is 0. The molecule has 0 aliphatic carbocycles. The van der Waals surface area contributed by atoms with Gasteiger partial charge in [-0.05, 0) is 36.6 Å². The predicted molar refractivity (Wildman–Crippen MR) is 99.7 cm³/mol. The SMILES string of the molecule is O=C(COc1ccccc1[N+](=O)[O-])N1CCCC1c1ccc2c(c1)OCCO2. The lowest BCUT2D eigenvalue weighted by molar-refractivity contribution is -0.385. The minimum Gasteiger partial charge on any atom is -0.486 e. The van der Waals surface area contributed by atoms with Gasteiger partial charge in [-0.25, -0.2) is 0 Å². The zero-order valence-electron chi connectivity index (χ0n) is 15.2. The van der Waals surface area contributed by atoms with E-state index in [4.69, 9.17) is 14.2 Å². The number of carbonyl (C=O) groups excluding carboxylic acids is 1. The van der Waals surface area contributed by atoms with Gasteiger partial charge in [0.2, 0.25) is 0 Å². The molecule has 1 amide bonds. The van der Waals surface area contributed by atoms with Gasteiger partial charge in [0.15, 0.2) is 23.9 Å². The van der Waals surface area contributed by atoms with E-state index in [0.717, 1.165) is 18.4 Å². The number of rotatable bonds is 5. The summed E-state index contributed by atoms with van der Waals surface area (Å²) in [5, 5.41) is 11.1. The Kier molecular flexibility index (Phi) is 5.01. The minimum absolute atomic E-state index is 0.0716. The zero-order chi connectivity index (χ0) is 19.5. The lowest BCUT2D eigenvalue weighted by atomic mass is 10.0. The van der Waals surface area contributed by atoms with Crippen molar-refractivity contribution in [3.63, 3.8) is 0 Å². The van der Waals surface area contributed by atoms with Gasteiger partial charge in [0.25, 0.3) is 5.91 Å². The Balaban J connectivity index is 1.46. The van der Waals surface area contributed by atoms with Crippen molar-refractivity contribution in [1.29, 1.82) is 0 Å². The van der Waals surface area contributed by atoms with Crippen LogP contribution in [-0.4, -0.2) is 42.1 Å². The maximum atomic E-state index is 12.7. The van der Waals surface area contributed by atoms with Crippen LogP contribution in [0, 0.1) is 10.1 Å². The number of fused-ring (bicyclic) bond motifs is 1. The van der Waals surface area contributed by atoms with Crippen LogP contribution >= 0.6 is 0 Å². The molecular weight excluding hydrogens is 364 g/mol. The van der Waals surface area contributed by atoms with Crippen molar-refractivity contribution in [2.24, 2.45) is 0 Å². The summed E-state index contributed by atoms with van der Waals surface area (Å²) in [6.45, 7) is 1.42. The Bertz CT molecular complexity index is 900. The van der Waals surface area contributed by atoms with E-state index < -0.39 is 4.92 Å². The van der Waals surface area contributed by atoms with E-state index in [-0.39, 0.29) is 30.0 Å². The standard InChI is InChI=1S/C20H20N2O6/c23-20(13-28-17-6-2-1-4-16(17)22(24)25)21-9-3-5-15(21)14-7-8-18-19(12-14)27-11-10-26-18/h1-2,4,6-8,12,15H,3,5,9-11,13H2. The van der Waals surface area contributed by atoms with E-state index in [2.05, 4.69) is 0 Å². The first-order chi connectivity index (χ1) is 13.6. The molecule has 1 saturated heterocycles. The van der Waals surface area contributed by atoms with Crippen molar-refractivity contribution in [3.05, 3.63) is 58.1 Å². The Morgan fingerprint density at radius 1 is 1.18 bits per heavy atom. The van der Waals surface area contributed by atoms with E-state index >= 15 is 0 Å². The lowest BCUT2D eigenvalue weighted by Gasteiger charge is -2.26. The summed E-state index contributed by atoms with van der Waals surface area (Å²) in [6, 6.07) is 11.7. The number of carbonyl (C=O) groups is 1. The molecule has 2 aromatic rings. The molecule has 28 heavy (non-hydrogen) atoms. The molecular formula is C20H20N2O6. The van der Waals surface area contributed by atoms with Crippen LogP contribution < -0.4 is 14.2 Å². The van der Waals surface area contributed by atoms with Crippen molar-refractivity contribution in [1.82, 2.24) is 4.90 Å². The summed E-state index contributed by atoms with van der Waals surface area (Å²) in [6.07, 6.45) is 1.73. The molecule has 1 fully saturated rings. The largest absolute Gasteiger partial charge is 0.486 e. The van der Waals surface area contributed by atoms with Gasteiger partial charge >= 0.3 is 5.69 Å². The molecule has 8 nitrogen and oxygen atoms in total. The molecule has 1 atom stereocenters. The fourth-order valence-electron chi connectivity index (χ4n) is 3.63. The molecule has 2 aromatic carbocycles. The second-order valence-electron chi connectivity index (χ2n) is 6.66. The van der Waals surface area contributed by atoms with Crippen molar-refractivity contribution in [2.45, 2.75) is 18.9 Å². The van der Waals surface area contributed by atoms with Gasteiger partial charge in [0.1, 0.15) is 13.2 Å². The first-order valence-electron chi connectivity index (χ1n) is 9.19. The number of benzene rings is 2. The summed E-state index contributed by atoms with van der Waals surface area (Å²) in [4.78, 5) is 25.1. The molecule has 0 bridgehead atoms. The minimum atomic E-state index is -0.520. The highest BCUT2D eigenvalue weighted by Gasteiger charge is 2.31. The van der Waals surface area contributed by atoms with Crippen molar-refractivity contribution in [2.75, 3.05) is 26.4 Å². The number of ether oxygens (including phenoxy) is 3. The highest BCUT2D eigenvalue weighted by Crippen LogP contribution is 2.38. The second kappa shape index (κ2) is 7.75. The van der Waals surface area contributed by atoms with Gasteiger partial charge < -0.3 is 19.1 Å². The van der Waals surface area contributed by atoms with E-state index in [9.17, 15) is 14.9 Å². The van der Waals surface area contributed by atoms with Crippen LogP contribution in [0.1, 0.15) is 24.4 Å². The quantitative estimate of drug-likeness (QED) is 0.581. The monoisotopic (exact) mass is 384 g/mol. The van der Waals surface area contributed by atoms with Gasteiger partial charge in [0, 0.05) is 12.6 Å². The smallest absolute Gasteiger partial charge is 0.310 e. The molecule has 8 heteroatoms. The molecule has 2 aliphatic rings. The van der Waals surface area contributed by atoms with Crippen molar-refractivity contribution >= 4 is 11.6 Å². The third-order valence-electron chi connectivity index (χ3n) is 4.94. The highest BCUT2D eigenvalue weighted by molar-refractivity contribution is 5.78. The van der Waals surface area contributed by atoms with Gasteiger partial charge in [0.05, 0.1) is 11.0 Å². The molecule has 0 spiro atoms. The molecule has 2 heterocycles. The van der Waals surface area contributed by atoms with Gasteiger partial charge in [-0.15, -0.1) is 0 Å². The van der Waals surface area contributed by atoms with E-state index in [1.54, 1.807) is 17.0 Å². The number of nitro benzene ring substituents is 1.